The first-order valence-corrected chi connectivity index (χ1v) is 6.61. The highest BCUT2D eigenvalue weighted by Crippen LogP contribution is 2.26. The predicted octanol–water partition coefficient (Wildman–Crippen LogP) is 3.37. The first kappa shape index (κ1) is 14.0. The molecule has 1 fully saturated rings. The zero-order valence-electron chi connectivity index (χ0n) is 11.5. The lowest BCUT2D eigenvalue weighted by Crippen LogP contribution is -2.42. The molecule has 0 saturated carbocycles. The van der Waals surface area contributed by atoms with Gasteiger partial charge in [0.25, 0.3) is 0 Å². The standard InChI is InChI=1S/C13H19NO.C2H6/c1-11-4-3-5-12(10-11)14-8-6-13(2,15)7-9-14;1-2/h3-5,10,15H,6-9H2,1-2H3;1-2H3. The van der Waals surface area contributed by atoms with Crippen molar-refractivity contribution in [2.24, 2.45) is 0 Å². The maximum absolute atomic E-state index is 9.87. The summed E-state index contributed by atoms with van der Waals surface area (Å²) in [4.78, 5) is 2.35. The summed E-state index contributed by atoms with van der Waals surface area (Å²) in [6.07, 6.45) is 1.72. The Hall–Kier alpha value is -1.02. The SMILES string of the molecule is CC.Cc1cccc(N2CCC(C)(O)CC2)c1. The topological polar surface area (TPSA) is 23.5 Å². The van der Waals surface area contributed by atoms with Crippen molar-refractivity contribution in [3.05, 3.63) is 29.8 Å². The molecule has 2 heteroatoms. The fourth-order valence-corrected chi connectivity index (χ4v) is 2.07. The molecule has 17 heavy (non-hydrogen) atoms. The van der Waals surface area contributed by atoms with Crippen molar-refractivity contribution in [3.63, 3.8) is 0 Å². The highest BCUT2D eigenvalue weighted by molar-refractivity contribution is 5.48. The van der Waals surface area contributed by atoms with Crippen LogP contribution < -0.4 is 4.90 Å². The van der Waals surface area contributed by atoms with Crippen molar-refractivity contribution >= 4 is 5.69 Å². The Kier molecular flexibility index (Phi) is 5.01. The Labute approximate surface area is 105 Å². The van der Waals surface area contributed by atoms with Crippen LogP contribution in [0.1, 0.15) is 39.2 Å². The third kappa shape index (κ3) is 4.04. The van der Waals surface area contributed by atoms with Crippen LogP contribution in [0.4, 0.5) is 5.69 Å². The van der Waals surface area contributed by atoms with E-state index < -0.39 is 5.60 Å². The lowest BCUT2D eigenvalue weighted by molar-refractivity contribution is 0.0351. The lowest BCUT2D eigenvalue weighted by Gasteiger charge is -2.37. The molecule has 1 aromatic carbocycles. The van der Waals surface area contributed by atoms with Gasteiger partial charge in [-0.3, -0.25) is 0 Å². The van der Waals surface area contributed by atoms with Crippen LogP contribution in [0.2, 0.25) is 0 Å². The van der Waals surface area contributed by atoms with Gasteiger partial charge in [-0.1, -0.05) is 26.0 Å². The minimum Gasteiger partial charge on any atom is -0.390 e. The molecule has 0 aromatic heterocycles. The summed E-state index contributed by atoms with van der Waals surface area (Å²) in [5.74, 6) is 0. The zero-order valence-corrected chi connectivity index (χ0v) is 11.5. The van der Waals surface area contributed by atoms with Gasteiger partial charge in [0.05, 0.1) is 5.60 Å². The fourth-order valence-electron chi connectivity index (χ4n) is 2.07. The molecule has 1 saturated heterocycles. The second kappa shape index (κ2) is 6.06. The maximum atomic E-state index is 9.87. The zero-order chi connectivity index (χ0) is 12.9. The molecule has 2 nitrogen and oxygen atoms in total. The molecule has 0 aliphatic carbocycles. The summed E-state index contributed by atoms with van der Waals surface area (Å²) >= 11 is 0. The lowest BCUT2D eigenvalue weighted by atomic mass is 9.93. The third-order valence-corrected chi connectivity index (χ3v) is 3.21. The highest BCUT2D eigenvalue weighted by Gasteiger charge is 2.27. The fraction of sp³-hybridized carbons (Fsp3) is 0.600. The summed E-state index contributed by atoms with van der Waals surface area (Å²) in [6, 6.07) is 8.56. The third-order valence-electron chi connectivity index (χ3n) is 3.21. The van der Waals surface area contributed by atoms with Crippen LogP contribution in [0.5, 0.6) is 0 Å². The molecule has 0 spiro atoms. The van der Waals surface area contributed by atoms with Gasteiger partial charge >= 0.3 is 0 Å². The molecule has 0 unspecified atom stereocenters. The average Bonchev–Trinajstić information content (AvgIpc) is 2.31. The summed E-state index contributed by atoms with van der Waals surface area (Å²) in [7, 11) is 0. The predicted molar refractivity (Wildman–Crippen MR) is 74.6 cm³/mol. The Bertz CT molecular complexity index is 337. The minimum atomic E-state index is -0.458. The molecule has 0 bridgehead atoms. The molecule has 1 aromatic rings. The van der Waals surface area contributed by atoms with Gasteiger partial charge in [0, 0.05) is 18.8 Å². The summed E-state index contributed by atoms with van der Waals surface area (Å²) in [6.45, 7) is 9.96. The molecule has 1 aliphatic rings. The number of benzene rings is 1. The summed E-state index contributed by atoms with van der Waals surface area (Å²) in [5, 5.41) is 9.87. The van der Waals surface area contributed by atoms with E-state index in [1.165, 1.54) is 11.3 Å². The summed E-state index contributed by atoms with van der Waals surface area (Å²) < 4.78 is 0. The molecular weight excluding hydrogens is 210 g/mol. The van der Waals surface area contributed by atoms with E-state index in [4.69, 9.17) is 0 Å². The average molecular weight is 235 g/mol. The van der Waals surface area contributed by atoms with Crippen molar-refractivity contribution < 1.29 is 5.11 Å². The van der Waals surface area contributed by atoms with Crippen LogP contribution in [-0.2, 0) is 0 Å². The number of hydrogen-bond donors (Lipinski definition) is 1. The van der Waals surface area contributed by atoms with Crippen LogP contribution in [0, 0.1) is 6.92 Å². The molecule has 1 N–H and O–H groups in total. The van der Waals surface area contributed by atoms with E-state index in [9.17, 15) is 5.11 Å². The van der Waals surface area contributed by atoms with Crippen LogP contribution in [-0.4, -0.2) is 23.8 Å². The quantitative estimate of drug-likeness (QED) is 0.806. The number of anilines is 1. The van der Waals surface area contributed by atoms with Crippen LogP contribution >= 0.6 is 0 Å². The maximum Gasteiger partial charge on any atom is 0.0653 e. The first-order chi connectivity index (χ1) is 8.07. The molecular formula is C15H25NO. The highest BCUT2D eigenvalue weighted by atomic mass is 16.3. The van der Waals surface area contributed by atoms with Crippen molar-refractivity contribution in [1.29, 1.82) is 0 Å². The van der Waals surface area contributed by atoms with Crippen molar-refractivity contribution in [1.82, 2.24) is 0 Å². The van der Waals surface area contributed by atoms with Gasteiger partial charge < -0.3 is 10.0 Å². The molecule has 2 rings (SSSR count). The second-order valence-electron chi connectivity index (χ2n) is 4.82. The van der Waals surface area contributed by atoms with Crippen molar-refractivity contribution in [2.45, 2.75) is 46.1 Å². The second-order valence-corrected chi connectivity index (χ2v) is 4.82. The van der Waals surface area contributed by atoms with Crippen LogP contribution in [0.15, 0.2) is 24.3 Å². The molecule has 1 aliphatic heterocycles. The number of piperidine rings is 1. The van der Waals surface area contributed by atoms with Gasteiger partial charge in [-0.15, -0.1) is 0 Å². The number of rotatable bonds is 1. The Balaban J connectivity index is 0.000000686. The minimum absolute atomic E-state index is 0.458. The Morgan fingerprint density at radius 2 is 1.76 bits per heavy atom. The molecule has 1 heterocycles. The van der Waals surface area contributed by atoms with Crippen molar-refractivity contribution in [2.75, 3.05) is 18.0 Å². The van der Waals surface area contributed by atoms with E-state index in [0.717, 1.165) is 25.9 Å². The molecule has 0 atom stereocenters. The number of aryl methyl sites for hydroxylation is 1. The van der Waals surface area contributed by atoms with Gasteiger partial charge in [-0.25, -0.2) is 0 Å². The summed E-state index contributed by atoms with van der Waals surface area (Å²) in [5.41, 5.74) is 2.12. The van der Waals surface area contributed by atoms with Gasteiger partial charge in [-0.2, -0.15) is 0 Å². The number of aliphatic hydroxyl groups is 1. The van der Waals surface area contributed by atoms with E-state index >= 15 is 0 Å². The molecule has 96 valence electrons. The van der Waals surface area contributed by atoms with Gasteiger partial charge in [0.2, 0.25) is 0 Å². The van der Waals surface area contributed by atoms with Gasteiger partial charge in [-0.05, 0) is 44.4 Å². The normalized spacial score (nSPS) is 18.3. The van der Waals surface area contributed by atoms with Gasteiger partial charge in [0.1, 0.15) is 0 Å². The number of hydrogen-bond acceptors (Lipinski definition) is 2. The molecule has 0 amide bonds. The van der Waals surface area contributed by atoms with Crippen LogP contribution in [0.3, 0.4) is 0 Å². The van der Waals surface area contributed by atoms with E-state index in [2.05, 4.69) is 36.1 Å². The Morgan fingerprint density at radius 3 is 2.29 bits per heavy atom. The van der Waals surface area contributed by atoms with Crippen LogP contribution in [0.25, 0.3) is 0 Å². The largest absolute Gasteiger partial charge is 0.390 e. The van der Waals surface area contributed by atoms with E-state index in [1.54, 1.807) is 0 Å². The monoisotopic (exact) mass is 235 g/mol. The number of nitrogens with zero attached hydrogens (tertiary/aromatic N) is 1. The van der Waals surface area contributed by atoms with E-state index in [1.807, 2.05) is 20.8 Å². The van der Waals surface area contributed by atoms with E-state index in [0.29, 0.717) is 0 Å². The Morgan fingerprint density at radius 1 is 1.18 bits per heavy atom. The molecule has 0 radical (unpaired) electrons. The van der Waals surface area contributed by atoms with Crippen molar-refractivity contribution in [3.8, 4) is 0 Å². The van der Waals surface area contributed by atoms with Gasteiger partial charge in [0.15, 0.2) is 0 Å². The van der Waals surface area contributed by atoms with E-state index in [-0.39, 0.29) is 0 Å². The smallest absolute Gasteiger partial charge is 0.0653 e. The first-order valence-electron chi connectivity index (χ1n) is 6.61.